The van der Waals surface area contributed by atoms with E-state index in [2.05, 4.69) is 4.98 Å². The van der Waals surface area contributed by atoms with E-state index < -0.39 is 0 Å². The van der Waals surface area contributed by atoms with Crippen LogP contribution in [0.5, 0.6) is 5.75 Å². The Labute approximate surface area is 87.4 Å². The molecule has 0 amide bonds. The molecule has 0 aliphatic carbocycles. The second kappa shape index (κ2) is 3.69. The summed E-state index contributed by atoms with van der Waals surface area (Å²) in [6, 6.07) is 7.08. The van der Waals surface area contributed by atoms with Crippen LogP contribution in [0.3, 0.4) is 0 Å². The van der Waals surface area contributed by atoms with Gasteiger partial charge in [-0.05, 0) is 12.1 Å². The third kappa shape index (κ3) is 1.56. The van der Waals surface area contributed by atoms with E-state index in [9.17, 15) is 9.90 Å². The predicted molar refractivity (Wildman–Crippen MR) is 58.0 cm³/mol. The third-order valence-corrected chi connectivity index (χ3v) is 2.37. The van der Waals surface area contributed by atoms with Crippen molar-refractivity contribution in [3.8, 4) is 5.75 Å². The molecule has 76 valence electrons. The van der Waals surface area contributed by atoms with Gasteiger partial charge in [-0.3, -0.25) is 9.78 Å². The van der Waals surface area contributed by atoms with Crippen LogP contribution in [0.1, 0.15) is 23.7 Å². The first-order chi connectivity index (χ1) is 7.24. The Kier molecular flexibility index (Phi) is 2.37. The third-order valence-electron chi connectivity index (χ3n) is 2.37. The number of Topliss-reactive ketones (excluding diaryl/α,β-unsaturated/α-hetero) is 1. The number of benzene rings is 1. The van der Waals surface area contributed by atoms with Gasteiger partial charge < -0.3 is 5.11 Å². The van der Waals surface area contributed by atoms with Gasteiger partial charge in [0.15, 0.2) is 11.5 Å². The monoisotopic (exact) mass is 201 g/mol. The van der Waals surface area contributed by atoms with Crippen LogP contribution in [0.2, 0.25) is 0 Å². The average molecular weight is 201 g/mol. The first-order valence-electron chi connectivity index (χ1n) is 4.84. The van der Waals surface area contributed by atoms with Gasteiger partial charge in [-0.25, -0.2) is 0 Å². The Bertz CT molecular complexity index is 520. The summed E-state index contributed by atoms with van der Waals surface area (Å²) in [6.07, 6.45) is 1.98. The molecule has 0 bridgehead atoms. The molecule has 0 atom stereocenters. The Morgan fingerprint density at radius 1 is 1.40 bits per heavy atom. The van der Waals surface area contributed by atoms with Crippen molar-refractivity contribution in [1.29, 1.82) is 0 Å². The van der Waals surface area contributed by atoms with E-state index in [0.717, 1.165) is 5.39 Å². The number of rotatable bonds is 2. The number of nitrogens with zero attached hydrogens (tertiary/aromatic N) is 1. The Hall–Kier alpha value is -1.90. The molecule has 0 saturated heterocycles. The molecule has 0 saturated carbocycles. The smallest absolute Gasteiger partial charge is 0.166 e. The zero-order chi connectivity index (χ0) is 10.8. The van der Waals surface area contributed by atoms with Crippen molar-refractivity contribution in [2.45, 2.75) is 13.3 Å². The fourth-order valence-electron chi connectivity index (χ4n) is 1.55. The molecule has 0 aliphatic heterocycles. The van der Waals surface area contributed by atoms with Gasteiger partial charge in [-0.2, -0.15) is 0 Å². The van der Waals surface area contributed by atoms with Crippen molar-refractivity contribution in [2.75, 3.05) is 0 Å². The lowest BCUT2D eigenvalue weighted by molar-refractivity contribution is 0.0986. The highest BCUT2D eigenvalue weighted by Crippen LogP contribution is 2.27. The number of phenolic OH excluding ortho intramolecular Hbond substituents is 1. The molecule has 1 N–H and O–H groups in total. The molecule has 0 spiro atoms. The van der Waals surface area contributed by atoms with E-state index in [-0.39, 0.29) is 11.5 Å². The maximum absolute atomic E-state index is 11.5. The van der Waals surface area contributed by atoms with Gasteiger partial charge in [-0.1, -0.05) is 19.1 Å². The molecule has 15 heavy (non-hydrogen) atoms. The van der Waals surface area contributed by atoms with Crippen LogP contribution in [0.4, 0.5) is 0 Å². The number of aromatic nitrogens is 1. The van der Waals surface area contributed by atoms with Crippen LogP contribution in [0.25, 0.3) is 10.9 Å². The minimum absolute atomic E-state index is 0.0139. The summed E-state index contributed by atoms with van der Waals surface area (Å²) in [5.41, 5.74) is 0.834. The average Bonchev–Trinajstić information content (AvgIpc) is 2.29. The summed E-state index contributed by atoms with van der Waals surface area (Å²) >= 11 is 0. The van der Waals surface area contributed by atoms with E-state index >= 15 is 0 Å². The molecule has 3 nitrogen and oxygen atoms in total. The summed E-state index contributed by atoms with van der Waals surface area (Å²) in [7, 11) is 0. The molecule has 2 rings (SSSR count). The standard InChI is InChI=1S/C12H11NO2/c1-2-10(14)9-6-5-8-4-3-7-13-11(8)12(9)15/h3-7,15H,2H2,1H3. The minimum Gasteiger partial charge on any atom is -0.505 e. The number of fused-ring (bicyclic) bond motifs is 1. The molecule has 1 heterocycles. The van der Waals surface area contributed by atoms with Crippen molar-refractivity contribution in [1.82, 2.24) is 4.98 Å². The van der Waals surface area contributed by atoms with Crippen LogP contribution >= 0.6 is 0 Å². The molecule has 1 aromatic heterocycles. The van der Waals surface area contributed by atoms with Crippen LogP contribution in [-0.2, 0) is 0 Å². The van der Waals surface area contributed by atoms with Crippen molar-refractivity contribution in [3.63, 3.8) is 0 Å². The second-order valence-corrected chi connectivity index (χ2v) is 3.31. The second-order valence-electron chi connectivity index (χ2n) is 3.31. The first-order valence-corrected chi connectivity index (χ1v) is 4.84. The number of carbonyl (C=O) groups excluding carboxylic acids is 1. The van der Waals surface area contributed by atoms with Gasteiger partial charge in [0.1, 0.15) is 5.52 Å². The normalized spacial score (nSPS) is 10.5. The Morgan fingerprint density at radius 3 is 2.93 bits per heavy atom. The predicted octanol–water partition coefficient (Wildman–Crippen LogP) is 2.53. The first kappa shape index (κ1) is 9.65. The van der Waals surface area contributed by atoms with Gasteiger partial charge in [0, 0.05) is 18.0 Å². The van der Waals surface area contributed by atoms with E-state index in [0.29, 0.717) is 17.5 Å². The van der Waals surface area contributed by atoms with Gasteiger partial charge in [-0.15, -0.1) is 0 Å². The van der Waals surface area contributed by atoms with Crippen LogP contribution in [0, 0.1) is 0 Å². The highest BCUT2D eigenvalue weighted by Gasteiger charge is 2.12. The minimum atomic E-state index is -0.0694. The maximum Gasteiger partial charge on any atom is 0.166 e. The molecule has 0 unspecified atom stereocenters. The molecule has 3 heteroatoms. The number of pyridine rings is 1. The van der Waals surface area contributed by atoms with Crippen LogP contribution in [0.15, 0.2) is 30.5 Å². The Balaban J connectivity index is 2.70. The number of ketones is 1. The number of phenols is 1. The molecular weight excluding hydrogens is 190 g/mol. The summed E-state index contributed by atoms with van der Waals surface area (Å²) in [5, 5.41) is 10.7. The molecule has 2 aromatic rings. The van der Waals surface area contributed by atoms with Gasteiger partial charge in [0.2, 0.25) is 0 Å². The van der Waals surface area contributed by atoms with Crippen molar-refractivity contribution < 1.29 is 9.90 Å². The van der Waals surface area contributed by atoms with Gasteiger partial charge >= 0.3 is 0 Å². The maximum atomic E-state index is 11.5. The van der Waals surface area contributed by atoms with E-state index in [1.165, 1.54) is 0 Å². The quantitative estimate of drug-likeness (QED) is 0.759. The van der Waals surface area contributed by atoms with E-state index in [4.69, 9.17) is 0 Å². The van der Waals surface area contributed by atoms with Crippen molar-refractivity contribution >= 4 is 16.7 Å². The van der Waals surface area contributed by atoms with Crippen molar-refractivity contribution in [2.24, 2.45) is 0 Å². The number of hydrogen-bond donors (Lipinski definition) is 1. The fourth-order valence-corrected chi connectivity index (χ4v) is 1.55. The highest BCUT2D eigenvalue weighted by molar-refractivity contribution is 6.03. The highest BCUT2D eigenvalue weighted by atomic mass is 16.3. The lowest BCUT2D eigenvalue weighted by Crippen LogP contribution is -1.97. The zero-order valence-corrected chi connectivity index (χ0v) is 8.40. The lowest BCUT2D eigenvalue weighted by atomic mass is 10.0. The number of aromatic hydroxyl groups is 1. The van der Waals surface area contributed by atoms with Gasteiger partial charge in [0.05, 0.1) is 5.56 Å². The molecule has 0 fully saturated rings. The molecule has 0 radical (unpaired) electrons. The van der Waals surface area contributed by atoms with Crippen molar-refractivity contribution in [3.05, 3.63) is 36.0 Å². The number of hydrogen-bond acceptors (Lipinski definition) is 3. The van der Waals surface area contributed by atoms with E-state index in [1.54, 1.807) is 31.3 Å². The summed E-state index contributed by atoms with van der Waals surface area (Å²) in [5.74, 6) is -0.0833. The summed E-state index contributed by atoms with van der Waals surface area (Å²) in [6.45, 7) is 1.77. The van der Waals surface area contributed by atoms with E-state index in [1.807, 2.05) is 6.07 Å². The zero-order valence-electron chi connectivity index (χ0n) is 8.40. The number of carbonyl (C=O) groups is 1. The SMILES string of the molecule is CCC(=O)c1ccc2cccnc2c1O. The Morgan fingerprint density at radius 2 is 2.20 bits per heavy atom. The summed E-state index contributed by atoms with van der Waals surface area (Å²) < 4.78 is 0. The van der Waals surface area contributed by atoms with Crippen LogP contribution < -0.4 is 0 Å². The molecule has 0 aliphatic rings. The lowest BCUT2D eigenvalue weighted by Gasteiger charge is -2.04. The van der Waals surface area contributed by atoms with Gasteiger partial charge in [0.25, 0.3) is 0 Å². The topological polar surface area (TPSA) is 50.2 Å². The molecular formula is C12H11NO2. The summed E-state index contributed by atoms with van der Waals surface area (Å²) in [4.78, 5) is 15.5. The van der Waals surface area contributed by atoms with Crippen LogP contribution in [-0.4, -0.2) is 15.9 Å². The largest absolute Gasteiger partial charge is 0.505 e. The molecule has 1 aromatic carbocycles. The fraction of sp³-hybridized carbons (Fsp3) is 0.167.